The van der Waals surface area contributed by atoms with E-state index >= 15 is 0 Å². The number of aromatic carboxylic acids is 1. The molecule has 4 heteroatoms. The van der Waals surface area contributed by atoms with Crippen LogP contribution in [0, 0.1) is 0 Å². The molecular formula is C22H28N2O2. The van der Waals surface area contributed by atoms with E-state index in [0.29, 0.717) is 5.56 Å². The molecule has 4 nitrogen and oxygen atoms in total. The molecule has 1 aliphatic heterocycles. The van der Waals surface area contributed by atoms with E-state index in [-0.39, 0.29) is 0 Å². The standard InChI is InChI=1S/C14H16N2O2.C8H12/c1-15-6-5-13-11(8-15)10-7-9(14(17)18)3-4-12(10)16(13)2;1-4-5-6-7-8(2)3/h3-4,7H,5-6,8H2,1-2H3,(H,17,18);4-7H,2H2,1,3H3/b;5-4-,7-6-. The lowest BCUT2D eigenvalue weighted by molar-refractivity contribution is 0.0697. The number of likely N-dealkylation sites (N-methyl/N-ethyl adjacent to an activating group) is 1. The van der Waals surface area contributed by atoms with Gasteiger partial charge in [-0.25, -0.2) is 4.79 Å². The number of hydrogen-bond donors (Lipinski definition) is 1. The summed E-state index contributed by atoms with van der Waals surface area (Å²) in [5.74, 6) is -0.862. The summed E-state index contributed by atoms with van der Waals surface area (Å²) in [7, 11) is 4.16. The molecule has 0 fully saturated rings. The highest BCUT2D eigenvalue weighted by Crippen LogP contribution is 2.30. The Labute approximate surface area is 155 Å². The number of nitrogens with zero attached hydrogens (tertiary/aromatic N) is 2. The van der Waals surface area contributed by atoms with Gasteiger partial charge in [0.15, 0.2) is 0 Å². The van der Waals surface area contributed by atoms with E-state index in [2.05, 4.69) is 30.1 Å². The maximum absolute atomic E-state index is 11.1. The minimum atomic E-state index is -0.862. The van der Waals surface area contributed by atoms with Crippen LogP contribution in [0.2, 0.25) is 0 Å². The van der Waals surface area contributed by atoms with Crippen molar-refractivity contribution in [3.63, 3.8) is 0 Å². The number of rotatable bonds is 3. The quantitative estimate of drug-likeness (QED) is 0.824. The zero-order valence-electron chi connectivity index (χ0n) is 16.1. The van der Waals surface area contributed by atoms with E-state index in [1.807, 2.05) is 44.2 Å². The van der Waals surface area contributed by atoms with Crippen molar-refractivity contribution < 1.29 is 9.90 Å². The molecule has 0 spiro atoms. The van der Waals surface area contributed by atoms with Crippen LogP contribution in [0.5, 0.6) is 0 Å². The van der Waals surface area contributed by atoms with E-state index in [1.54, 1.807) is 12.1 Å². The highest BCUT2D eigenvalue weighted by atomic mass is 16.4. The number of hydrogen-bond acceptors (Lipinski definition) is 2. The van der Waals surface area contributed by atoms with Crippen LogP contribution >= 0.6 is 0 Å². The molecule has 3 rings (SSSR count). The molecule has 26 heavy (non-hydrogen) atoms. The second-order valence-electron chi connectivity index (χ2n) is 6.74. The van der Waals surface area contributed by atoms with Gasteiger partial charge in [0.25, 0.3) is 0 Å². The number of aromatic nitrogens is 1. The number of allylic oxidation sites excluding steroid dienone is 5. The van der Waals surface area contributed by atoms with Crippen molar-refractivity contribution in [2.45, 2.75) is 26.8 Å². The van der Waals surface area contributed by atoms with Gasteiger partial charge in [-0.3, -0.25) is 0 Å². The molecule has 0 saturated carbocycles. The van der Waals surface area contributed by atoms with Crippen molar-refractivity contribution in [1.82, 2.24) is 9.47 Å². The highest BCUT2D eigenvalue weighted by molar-refractivity contribution is 5.95. The lowest BCUT2D eigenvalue weighted by atomic mass is 10.0. The average molecular weight is 352 g/mol. The zero-order chi connectivity index (χ0) is 19.3. The fraction of sp³-hybridized carbons (Fsp3) is 0.318. The summed E-state index contributed by atoms with van der Waals surface area (Å²) in [6.45, 7) is 9.62. The summed E-state index contributed by atoms with van der Waals surface area (Å²) >= 11 is 0. The molecule has 0 amide bonds. The third-order valence-corrected chi connectivity index (χ3v) is 4.53. The fourth-order valence-electron chi connectivity index (χ4n) is 3.18. The summed E-state index contributed by atoms with van der Waals surface area (Å²) in [6.07, 6.45) is 8.94. The summed E-state index contributed by atoms with van der Waals surface area (Å²) in [6, 6.07) is 5.40. The first-order valence-electron chi connectivity index (χ1n) is 8.82. The van der Waals surface area contributed by atoms with Crippen molar-refractivity contribution in [2.75, 3.05) is 13.6 Å². The van der Waals surface area contributed by atoms with Crippen molar-refractivity contribution >= 4 is 16.9 Å². The van der Waals surface area contributed by atoms with Gasteiger partial charge in [0.2, 0.25) is 0 Å². The Morgan fingerprint density at radius 2 is 2.00 bits per heavy atom. The second kappa shape index (κ2) is 8.68. The summed E-state index contributed by atoms with van der Waals surface area (Å²) < 4.78 is 2.20. The summed E-state index contributed by atoms with van der Waals surface area (Å²) in [5, 5.41) is 10.2. The lowest BCUT2D eigenvalue weighted by Crippen LogP contribution is -2.26. The Bertz CT molecular complexity index is 872. The van der Waals surface area contributed by atoms with Gasteiger partial charge in [0.1, 0.15) is 0 Å². The predicted octanol–water partition coefficient (Wildman–Crippen LogP) is 4.56. The molecule has 0 atom stereocenters. The van der Waals surface area contributed by atoms with Crippen molar-refractivity contribution in [1.29, 1.82) is 0 Å². The SMILES string of the molecule is C=C(C)/C=C\C=C/C.CN1CCc2c(c3cc(C(=O)O)ccc3n2C)C1. The van der Waals surface area contributed by atoms with E-state index in [0.717, 1.165) is 36.0 Å². The maximum Gasteiger partial charge on any atom is 0.335 e. The monoisotopic (exact) mass is 352 g/mol. The van der Waals surface area contributed by atoms with E-state index in [4.69, 9.17) is 5.11 Å². The lowest BCUT2D eigenvalue weighted by Gasteiger charge is -2.23. The molecule has 1 aromatic heterocycles. The van der Waals surface area contributed by atoms with E-state index in [1.165, 1.54) is 11.3 Å². The fourth-order valence-corrected chi connectivity index (χ4v) is 3.18. The van der Waals surface area contributed by atoms with Gasteiger partial charge < -0.3 is 14.6 Å². The Morgan fingerprint density at radius 1 is 1.27 bits per heavy atom. The van der Waals surface area contributed by atoms with Gasteiger partial charge in [-0.1, -0.05) is 36.5 Å². The minimum Gasteiger partial charge on any atom is -0.478 e. The van der Waals surface area contributed by atoms with Crippen molar-refractivity contribution in [2.24, 2.45) is 7.05 Å². The number of carboxylic acid groups (broad SMARTS) is 1. The van der Waals surface area contributed by atoms with Gasteiger partial charge in [-0.2, -0.15) is 0 Å². The van der Waals surface area contributed by atoms with Crippen LogP contribution in [0.4, 0.5) is 0 Å². The molecule has 0 unspecified atom stereocenters. The molecule has 138 valence electrons. The van der Waals surface area contributed by atoms with Crippen LogP contribution in [0.25, 0.3) is 10.9 Å². The molecule has 1 aliphatic rings. The van der Waals surface area contributed by atoms with Gasteiger partial charge in [0, 0.05) is 43.2 Å². The Hall–Kier alpha value is -2.59. The largest absolute Gasteiger partial charge is 0.478 e. The Balaban J connectivity index is 0.000000260. The molecule has 0 bridgehead atoms. The van der Waals surface area contributed by atoms with Crippen molar-refractivity contribution in [3.05, 3.63) is 71.5 Å². The average Bonchev–Trinajstić information content (AvgIpc) is 2.87. The van der Waals surface area contributed by atoms with Crippen LogP contribution < -0.4 is 0 Å². The van der Waals surface area contributed by atoms with Gasteiger partial charge in [-0.15, -0.1) is 0 Å². The number of carboxylic acids is 1. The zero-order valence-corrected chi connectivity index (χ0v) is 16.1. The molecule has 0 saturated heterocycles. The predicted molar refractivity (Wildman–Crippen MR) is 109 cm³/mol. The first-order valence-corrected chi connectivity index (χ1v) is 8.82. The van der Waals surface area contributed by atoms with Crippen LogP contribution in [0.1, 0.15) is 35.5 Å². The molecule has 2 heterocycles. The van der Waals surface area contributed by atoms with Gasteiger partial charge in [-0.05, 0) is 44.7 Å². The molecule has 2 aromatic rings. The molecule has 0 radical (unpaired) electrons. The first-order chi connectivity index (χ1) is 12.3. The van der Waals surface area contributed by atoms with Crippen LogP contribution in [-0.2, 0) is 20.0 Å². The minimum absolute atomic E-state index is 0.365. The van der Waals surface area contributed by atoms with E-state index in [9.17, 15) is 4.79 Å². The van der Waals surface area contributed by atoms with Crippen LogP contribution in [0.15, 0.2) is 54.7 Å². The highest BCUT2D eigenvalue weighted by Gasteiger charge is 2.21. The first kappa shape index (κ1) is 19.7. The van der Waals surface area contributed by atoms with Gasteiger partial charge in [0.05, 0.1) is 5.56 Å². The number of carbonyl (C=O) groups is 1. The number of benzene rings is 1. The smallest absolute Gasteiger partial charge is 0.335 e. The summed E-state index contributed by atoms with van der Waals surface area (Å²) in [4.78, 5) is 13.3. The number of fused-ring (bicyclic) bond motifs is 3. The second-order valence-corrected chi connectivity index (χ2v) is 6.74. The van der Waals surface area contributed by atoms with Crippen molar-refractivity contribution in [3.8, 4) is 0 Å². The van der Waals surface area contributed by atoms with E-state index < -0.39 is 5.97 Å². The number of aryl methyl sites for hydroxylation is 1. The van der Waals surface area contributed by atoms with Crippen LogP contribution in [0.3, 0.4) is 0 Å². The molecule has 1 aromatic carbocycles. The molecule has 1 N–H and O–H groups in total. The third-order valence-electron chi connectivity index (χ3n) is 4.53. The third kappa shape index (κ3) is 4.52. The topological polar surface area (TPSA) is 45.5 Å². The maximum atomic E-state index is 11.1. The molecular weight excluding hydrogens is 324 g/mol. The Kier molecular flexibility index (Phi) is 6.58. The summed E-state index contributed by atoms with van der Waals surface area (Å²) in [5.41, 5.74) is 5.20. The normalized spacial score (nSPS) is 14.5. The Morgan fingerprint density at radius 3 is 2.62 bits per heavy atom. The van der Waals surface area contributed by atoms with Gasteiger partial charge >= 0.3 is 5.97 Å². The molecule has 0 aliphatic carbocycles. The van der Waals surface area contributed by atoms with Crippen LogP contribution in [-0.4, -0.2) is 34.1 Å².